The molecule has 1 aromatic heterocycles. The van der Waals surface area contributed by atoms with E-state index in [-0.39, 0.29) is 11.6 Å². The molecule has 0 atom stereocenters. The molecule has 16 heavy (non-hydrogen) atoms. The van der Waals surface area contributed by atoms with E-state index in [1.54, 1.807) is 18.2 Å². The quantitative estimate of drug-likeness (QED) is 0.766. The lowest BCUT2D eigenvalue weighted by molar-refractivity contribution is 0.0948. The van der Waals surface area contributed by atoms with Gasteiger partial charge in [0.25, 0.3) is 5.91 Å². The number of aromatic nitrogens is 1. The van der Waals surface area contributed by atoms with E-state index in [9.17, 15) is 4.79 Å². The van der Waals surface area contributed by atoms with E-state index in [4.69, 9.17) is 5.26 Å². The fourth-order valence-electron chi connectivity index (χ4n) is 1.29. The van der Waals surface area contributed by atoms with Gasteiger partial charge in [0.05, 0.1) is 0 Å². The number of carbonyl (C=O) groups is 1. The number of nitrogens with one attached hydrogen (secondary N) is 1. The lowest BCUT2D eigenvalue weighted by atomic mass is 10.2. The number of nitrogens with zero attached hydrogens (tertiary/aromatic N) is 2. The van der Waals surface area contributed by atoms with Crippen LogP contribution in [0.1, 0.15) is 42.4 Å². The molecule has 1 heterocycles. The van der Waals surface area contributed by atoms with Crippen molar-refractivity contribution in [2.45, 2.75) is 26.2 Å². The summed E-state index contributed by atoms with van der Waals surface area (Å²) in [5.41, 5.74) is 0.566. The molecule has 0 unspecified atom stereocenters. The Balaban J connectivity index is 2.50. The molecule has 0 saturated heterocycles. The standard InChI is InChI=1S/C12H15N3O/c1-2-3-4-8-14-12(16)11-7-5-6-10(9-13)15-11/h5-7H,2-4,8H2,1H3,(H,14,16). The first-order valence-electron chi connectivity index (χ1n) is 5.43. The molecule has 0 radical (unpaired) electrons. The van der Waals surface area contributed by atoms with Crippen LogP contribution in [0.4, 0.5) is 0 Å². The summed E-state index contributed by atoms with van der Waals surface area (Å²) in [6.45, 7) is 2.77. The Morgan fingerprint density at radius 1 is 1.50 bits per heavy atom. The summed E-state index contributed by atoms with van der Waals surface area (Å²) in [5.74, 6) is -0.215. The number of hydrogen-bond acceptors (Lipinski definition) is 3. The Bertz CT molecular complexity index is 395. The van der Waals surface area contributed by atoms with Crippen molar-refractivity contribution in [3.8, 4) is 6.07 Å². The molecule has 84 valence electrons. The van der Waals surface area contributed by atoms with E-state index in [0.29, 0.717) is 12.2 Å². The van der Waals surface area contributed by atoms with Crippen LogP contribution in [0.25, 0.3) is 0 Å². The highest BCUT2D eigenvalue weighted by atomic mass is 16.1. The summed E-state index contributed by atoms with van der Waals surface area (Å²) < 4.78 is 0. The topological polar surface area (TPSA) is 65.8 Å². The van der Waals surface area contributed by atoms with Crippen LogP contribution >= 0.6 is 0 Å². The van der Waals surface area contributed by atoms with Crippen molar-refractivity contribution in [1.29, 1.82) is 5.26 Å². The minimum Gasteiger partial charge on any atom is -0.351 e. The van der Waals surface area contributed by atoms with Gasteiger partial charge in [0, 0.05) is 6.54 Å². The van der Waals surface area contributed by atoms with Crippen LogP contribution in [0, 0.1) is 11.3 Å². The number of hydrogen-bond donors (Lipinski definition) is 1. The van der Waals surface area contributed by atoms with Gasteiger partial charge in [-0.1, -0.05) is 25.8 Å². The van der Waals surface area contributed by atoms with E-state index in [1.165, 1.54) is 0 Å². The van der Waals surface area contributed by atoms with Gasteiger partial charge in [-0.3, -0.25) is 4.79 Å². The molecule has 0 spiro atoms. The molecular formula is C12H15N3O. The summed E-state index contributed by atoms with van der Waals surface area (Å²) in [6.07, 6.45) is 3.20. The highest BCUT2D eigenvalue weighted by Gasteiger charge is 2.06. The highest BCUT2D eigenvalue weighted by Crippen LogP contribution is 1.98. The molecule has 0 fully saturated rings. The number of rotatable bonds is 5. The summed E-state index contributed by atoms with van der Waals surface area (Å²) in [6, 6.07) is 6.75. The molecule has 0 saturated carbocycles. The summed E-state index contributed by atoms with van der Waals surface area (Å²) in [5, 5.41) is 11.4. The van der Waals surface area contributed by atoms with Crippen molar-refractivity contribution in [2.75, 3.05) is 6.54 Å². The van der Waals surface area contributed by atoms with Crippen molar-refractivity contribution >= 4 is 5.91 Å². The lowest BCUT2D eigenvalue weighted by Gasteiger charge is -2.03. The van der Waals surface area contributed by atoms with Gasteiger partial charge < -0.3 is 5.32 Å². The fraction of sp³-hybridized carbons (Fsp3) is 0.417. The predicted octanol–water partition coefficient (Wildman–Crippen LogP) is 1.87. The zero-order valence-corrected chi connectivity index (χ0v) is 9.36. The van der Waals surface area contributed by atoms with Crippen molar-refractivity contribution in [3.63, 3.8) is 0 Å². The van der Waals surface area contributed by atoms with Gasteiger partial charge in [-0.2, -0.15) is 5.26 Å². The van der Waals surface area contributed by atoms with Crippen molar-refractivity contribution in [3.05, 3.63) is 29.6 Å². The minimum absolute atomic E-state index is 0.215. The van der Waals surface area contributed by atoms with Crippen LogP contribution in [0.3, 0.4) is 0 Å². The molecule has 0 aliphatic rings. The molecule has 0 aromatic carbocycles. The normalized spacial score (nSPS) is 9.50. The Morgan fingerprint density at radius 2 is 2.31 bits per heavy atom. The van der Waals surface area contributed by atoms with Gasteiger partial charge >= 0.3 is 0 Å². The lowest BCUT2D eigenvalue weighted by Crippen LogP contribution is -2.25. The van der Waals surface area contributed by atoms with Crippen LogP contribution in [-0.2, 0) is 0 Å². The number of nitriles is 1. The Kier molecular flexibility index (Phi) is 5.00. The zero-order chi connectivity index (χ0) is 11.8. The second kappa shape index (κ2) is 6.57. The fourth-order valence-corrected chi connectivity index (χ4v) is 1.29. The van der Waals surface area contributed by atoms with Gasteiger partial charge in [-0.25, -0.2) is 4.98 Å². The van der Waals surface area contributed by atoms with E-state index < -0.39 is 0 Å². The number of amides is 1. The largest absolute Gasteiger partial charge is 0.351 e. The van der Waals surface area contributed by atoms with Crippen LogP contribution in [0.15, 0.2) is 18.2 Å². The Morgan fingerprint density at radius 3 is 3.00 bits per heavy atom. The van der Waals surface area contributed by atoms with E-state index >= 15 is 0 Å². The summed E-state index contributed by atoms with van der Waals surface area (Å²) in [7, 11) is 0. The third-order valence-corrected chi connectivity index (χ3v) is 2.16. The van der Waals surface area contributed by atoms with Gasteiger partial charge in [-0.15, -0.1) is 0 Å². The molecule has 1 N–H and O–H groups in total. The zero-order valence-electron chi connectivity index (χ0n) is 9.36. The SMILES string of the molecule is CCCCCNC(=O)c1cccc(C#N)n1. The second-order valence-corrected chi connectivity index (χ2v) is 3.48. The van der Waals surface area contributed by atoms with Gasteiger partial charge in [0.2, 0.25) is 0 Å². The maximum absolute atomic E-state index is 11.6. The first kappa shape index (κ1) is 12.2. The van der Waals surface area contributed by atoms with Gasteiger partial charge in [-0.05, 0) is 18.6 Å². The second-order valence-electron chi connectivity index (χ2n) is 3.48. The molecule has 1 rings (SSSR count). The molecule has 4 nitrogen and oxygen atoms in total. The van der Waals surface area contributed by atoms with Crippen molar-refractivity contribution in [1.82, 2.24) is 10.3 Å². The van der Waals surface area contributed by atoms with Gasteiger partial charge in [0.1, 0.15) is 17.5 Å². The molecule has 0 bridgehead atoms. The predicted molar refractivity (Wildman–Crippen MR) is 60.8 cm³/mol. The van der Waals surface area contributed by atoms with Gasteiger partial charge in [0.15, 0.2) is 0 Å². The van der Waals surface area contributed by atoms with Crippen LogP contribution < -0.4 is 5.32 Å². The van der Waals surface area contributed by atoms with Crippen LogP contribution in [0.2, 0.25) is 0 Å². The van der Waals surface area contributed by atoms with E-state index in [1.807, 2.05) is 6.07 Å². The number of unbranched alkanes of at least 4 members (excludes halogenated alkanes) is 2. The first-order chi connectivity index (χ1) is 7.77. The molecule has 4 heteroatoms. The highest BCUT2D eigenvalue weighted by molar-refractivity contribution is 5.92. The molecule has 0 aliphatic heterocycles. The molecule has 0 aliphatic carbocycles. The number of carbonyl (C=O) groups excluding carboxylic acids is 1. The van der Waals surface area contributed by atoms with E-state index in [2.05, 4.69) is 17.2 Å². The molecule has 1 aromatic rings. The number of pyridine rings is 1. The van der Waals surface area contributed by atoms with Crippen molar-refractivity contribution < 1.29 is 4.79 Å². The van der Waals surface area contributed by atoms with Crippen LogP contribution in [0.5, 0.6) is 0 Å². The Hall–Kier alpha value is -1.89. The average Bonchev–Trinajstić information content (AvgIpc) is 2.34. The third kappa shape index (κ3) is 3.70. The third-order valence-electron chi connectivity index (χ3n) is 2.16. The minimum atomic E-state index is -0.215. The summed E-state index contributed by atoms with van der Waals surface area (Å²) in [4.78, 5) is 15.5. The molecular weight excluding hydrogens is 202 g/mol. The Labute approximate surface area is 95.3 Å². The van der Waals surface area contributed by atoms with E-state index in [0.717, 1.165) is 19.3 Å². The van der Waals surface area contributed by atoms with Crippen LogP contribution in [-0.4, -0.2) is 17.4 Å². The molecule has 1 amide bonds. The monoisotopic (exact) mass is 217 g/mol. The first-order valence-corrected chi connectivity index (χ1v) is 5.43. The summed E-state index contributed by atoms with van der Waals surface area (Å²) >= 11 is 0. The van der Waals surface area contributed by atoms with Crippen molar-refractivity contribution in [2.24, 2.45) is 0 Å². The maximum atomic E-state index is 11.6. The smallest absolute Gasteiger partial charge is 0.269 e. The maximum Gasteiger partial charge on any atom is 0.269 e. The average molecular weight is 217 g/mol.